The third-order valence-electron chi connectivity index (χ3n) is 5.20. The van der Waals surface area contributed by atoms with E-state index >= 15 is 0 Å². The topological polar surface area (TPSA) is 64.6 Å². The maximum Gasteiger partial charge on any atom is 0.326 e. The molecule has 0 radical (unpaired) electrons. The van der Waals surface area contributed by atoms with Crippen molar-refractivity contribution in [1.29, 1.82) is 0 Å². The molecule has 0 aliphatic carbocycles. The average molecular weight is 395 g/mol. The van der Waals surface area contributed by atoms with Crippen LogP contribution in [0.25, 0.3) is 0 Å². The van der Waals surface area contributed by atoms with Gasteiger partial charge in [-0.25, -0.2) is 0 Å². The predicted octanol–water partition coefficient (Wildman–Crippen LogP) is 3.83. The number of carbonyl (C=O) groups is 2. The first kappa shape index (κ1) is 21.1. The van der Waals surface area contributed by atoms with Gasteiger partial charge in [0.1, 0.15) is 11.1 Å². The molecule has 3 rings (SSSR count). The Labute approximate surface area is 172 Å². The van der Waals surface area contributed by atoms with Gasteiger partial charge in [-0.1, -0.05) is 60.7 Å². The zero-order valence-corrected chi connectivity index (χ0v) is 17.5. The molecule has 1 heterocycles. The van der Waals surface area contributed by atoms with Crippen LogP contribution in [0.4, 0.5) is 0 Å². The Morgan fingerprint density at radius 3 is 2.17 bits per heavy atom. The van der Waals surface area contributed by atoms with Crippen LogP contribution in [0.15, 0.2) is 60.7 Å². The van der Waals surface area contributed by atoms with Crippen molar-refractivity contribution in [2.24, 2.45) is 5.92 Å². The summed E-state index contributed by atoms with van der Waals surface area (Å²) < 4.78 is 10.9. The molecule has 2 aromatic rings. The summed E-state index contributed by atoms with van der Waals surface area (Å²) in [7, 11) is 1.38. The van der Waals surface area contributed by atoms with E-state index in [1.54, 1.807) is 0 Å². The Kier molecular flexibility index (Phi) is 6.08. The molecule has 1 saturated heterocycles. The van der Waals surface area contributed by atoms with Gasteiger partial charge in [0.2, 0.25) is 0 Å². The highest BCUT2D eigenvalue weighted by Crippen LogP contribution is 2.41. The van der Waals surface area contributed by atoms with E-state index in [-0.39, 0.29) is 18.0 Å². The van der Waals surface area contributed by atoms with E-state index in [4.69, 9.17) is 9.47 Å². The Balaban J connectivity index is 1.99. The van der Waals surface area contributed by atoms with Gasteiger partial charge in [-0.3, -0.25) is 14.9 Å². The summed E-state index contributed by atoms with van der Waals surface area (Å²) in [6, 6.07) is 19.1. The van der Waals surface area contributed by atoms with Crippen molar-refractivity contribution in [3.05, 3.63) is 71.8 Å². The highest BCUT2D eigenvalue weighted by Gasteiger charge is 2.54. The van der Waals surface area contributed by atoms with Crippen LogP contribution in [0, 0.1) is 5.92 Å². The number of rotatable bonds is 5. The molecule has 154 valence electrons. The van der Waals surface area contributed by atoms with Gasteiger partial charge in [0.15, 0.2) is 0 Å². The number of hydrogen-bond donors (Lipinski definition) is 1. The second kappa shape index (κ2) is 8.37. The lowest BCUT2D eigenvalue weighted by molar-refractivity contribution is -0.160. The number of nitrogens with one attached hydrogen (secondary N) is 1. The molecule has 1 aliphatic rings. The van der Waals surface area contributed by atoms with Crippen LogP contribution in [0.1, 0.15) is 44.4 Å². The standard InChI is InChI=1S/C24H29NO4/c1-23(2,3)29-21(26)19-16-24(22(27)28-4,15-17-11-7-5-8-12-17)25-20(19)18-13-9-6-10-14-18/h5-14,19-20,25H,15-16H2,1-4H3/t19-,20-,24-/m0/s1. The summed E-state index contributed by atoms with van der Waals surface area (Å²) in [6.07, 6.45) is 0.742. The Bertz CT molecular complexity index is 844. The smallest absolute Gasteiger partial charge is 0.326 e. The Hall–Kier alpha value is -2.66. The molecule has 1 fully saturated rings. The largest absolute Gasteiger partial charge is 0.468 e. The third-order valence-corrected chi connectivity index (χ3v) is 5.20. The Morgan fingerprint density at radius 2 is 1.62 bits per heavy atom. The molecule has 0 spiro atoms. The van der Waals surface area contributed by atoms with Crippen LogP contribution in [0.5, 0.6) is 0 Å². The zero-order chi connectivity index (χ0) is 21.1. The lowest BCUT2D eigenvalue weighted by Gasteiger charge is -2.28. The molecule has 29 heavy (non-hydrogen) atoms. The van der Waals surface area contributed by atoms with E-state index in [1.807, 2.05) is 81.4 Å². The van der Waals surface area contributed by atoms with E-state index in [2.05, 4.69) is 5.32 Å². The molecular formula is C24H29NO4. The van der Waals surface area contributed by atoms with E-state index in [9.17, 15) is 9.59 Å². The molecule has 0 unspecified atom stereocenters. The van der Waals surface area contributed by atoms with Crippen molar-refractivity contribution >= 4 is 11.9 Å². The molecule has 1 aliphatic heterocycles. The summed E-state index contributed by atoms with van der Waals surface area (Å²) in [5.74, 6) is -1.18. The molecule has 0 aromatic heterocycles. The number of methoxy groups -OCH3 is 1. The second-order valence-electron chi connectivity index (χ2n) is 8.61. The van der Waals surface area contributed by atoms with Gasteiger partial charge in [0.25, 0.3) is 0 Å². The quantitative estimate of drug-likeness (QED) is 0.780. The molecule has 2 aromatic carbocycles. The van der Waals surface area contributed by atoms with E-state index in [0.717, 1.165) is 11.1 Å². The molecule has 0 saturated carbocycles. The van der Waals surface area contributed by atoms with Crippen molar-refractivity contribution in [2.75, 3.05) is 7.11 Å². The maximum atomic E-state index is 13.1. The lowest BCUT2D eigenvalue weighted by Crippen LogP contribution is -2.50. The highest BCUT2D eigenvalue weighted by atomic mass is 16.6. The van der Waals surface area contributed by atoms with Crippen LogP contribution < -0.4 is 5.32 Å². The van der Waals surface area contributed by atoms with Crippen molar-refractivity contribution in [2.45, 2.75) is 50.8 Å². The van der Waals surface area contributed by atoms with E-state index in [1.165, 1.54) is 7.11 Å². The normalized spacial score (nSPS) is 24.1. The van der Waals surface area contributed by atoms with Crippen LogP contribution in [-0.4, -0.2) is 30.2 Å². The summed E-state index contributed by atoms with van der Waals surface area (Å²) in [5.41, 5.74) is 0.344. The molecule has 3 atom stereocenters. The van der Waals surface area contributed by atoms with Crippen molar-refractivity contribution < 1.29 is 19.1 Å². The zero-order valence-electron chi connectivity index (χ0n) is 17.5. The SMILES string of the molecule is COC(=O)[C@]1(Cc2ccccc2)C[C@H](C(=O)OC(C)(C)C)[C@H](c2ccccc2)N1. The van der Waals surface area contributed by atoms with Crippen LogP contribution >= 0.6 is 0 Å². The number of benzene rings is 2. The van der Waals surface area contributed by atoms with Gasteiger partial charge in [-0.15, -0.1) is 0 Å². The average Bonchev–Trinajstić information content (AvgIpc) is 3.08. The number of ether oxygens (including phenoxy) is 2. The minimum Gasteiger partial charge on any atom is -0.468 e. The van der Waals surface area contributed by atoms with Gasteiger partial charge in [-0.05, 0) is 38.3 Å². The minimum atomic E-state index is -1.00. The molecule has 0 bridgehead atoms. The number of carbonyl (C=O) groups excluding carboxylic acids is 2. The van der Waals surface area contributed by atoms with E-state index in [0.29, 0.717) is 12.8 Å². The van der Waals surface area contributed by atoms with Gasteiger partial charge >= 0.3 is 11.9 Å². The first-order valence-electron chi connectivity index (χ1n) is 9.92. The predicted molar refractivity (Wildman–Crippen MR) is 111 cm³/mol. The molecule has 5 nitrogen and oxygen atoms in total. The summed E-state index contributed by atoms with van der Waals surface area (Å²) in [6.45, 7) is 5.55. The molecule has 0 amide bonds. The van der Waals surface area contributed by atoms with Gasteiger partial charge in [-0.2, -0.15) is 0 Å². The van der Waals surface area contributed by atoms with Crippen molar-refractivity contribution in [3.8, 4) is 0 Å². The fourth-order valence-electron chi connectivity index (χ4n) is 4.00. The van der Waals surface area contributed by atoms with Gasteiger partial charge in [0, 0.05) is 12.5 Å². The first-order valence-corrected chi connectivity index (χ1v) is 9.92. The van der Waals surface area contributed by atoms with Crippen LogP contribution in [0.3, 0.4) is 0 Å². The number of hydrogen-bond acceptors (Lipinski definition) is 5. The minimum absolute atomic E-state index is 0.308. The van der Waals surface area contributed by atoms with Crippen LogP contribution in [-0.2, 0) is 25.5 Å². The van der Waals surface area contributed by atoms with Crippen molar-refractivity contribution in [1.82, 2.24) is 5.32 Å². The summed E-state index contributed by atoms with van der Waals surface area (Å²) in [5, 5.41) is 3.46. The molecule has 5 heteroatoms. The summed E-state index contributed by atoms with van der Waals surface area (Å²) >= 11 is 0. The van der Waals surface area contributed by atoms with Crippen molar-refractivity contribution in [3.63, 3.8) is 0 Å². The lowest BCUT2D eigenvalue weighted by atomic mass is 9.85. The first-order chi connectivity index (χ1) is 13.7. The fraction of sp³-hybridized carbons (Fsp3) is 0.417. The molecule has 1 N–H and O–H groups in total. The maximum absolute atomic E-state index is 13.1. The summed E-state index contributed by atoms with van der Waals surface area (Å²) in [4.78, 5) is 26.0. The third kappa shape index (κ3) is 4.85. The molecular weight excluding hydrogens is 366 g/mol. The monoisotopic (exact) mass is 395 g/mol. The Morgan fingerprint density at radius 1 is 1.03 bits per heavy atom. The number of esters is 2. The fourth-order valence-corrected chi connectivity index (χ4v) is 4.00. The second-order valence-corrected chi connectivity index (χ2v) is 8.61. The van der Waals surface area contributed by atoms with Gasteiger partial charge in [0.05, 0.1) is 13.0 Å². The van der Waals surface area contributed by atoms with E-state index < -0.39 is 17.1 Å². The van der Waals surface area contributed by atoms with Gasteiger partial charge < -0.3 is 9.47 Å². The highest BCUT2D eigenvalue weighted by molar-refractivity contribution is 5.85. The van der Waals surface area contributed by atoms with Crippen LogP contribution in [0.2, 0.25) is 0 Å².